The fraction of sp³-hybridized carbons (Fsp3) is 0.409. The van der Waals surface area contributed by atoms with E-state index in [0.29, 0.717) is 24.2 Å². The van der Waals surface area contributed by atoms with Crippen molar-refractivity contribution >= 4 is 16.9 Å². The highest BCUT2D eigenvalue weighted by molar-refractivity contribution is 5.95. The summed E-state index contributed by atoms with van der Waals surface area (Å²) in [5.74, 6) is -0.382. The van der Waals surface area contributed by atoms with Crippen LogP contribution in [0.3, 0.4) is 0 Å². The van der Waals surface area contributed by atoms with E-state index in [1.54, 1.807) is 24.9 Å². The summed E-state index contributed by atoms with van der Waals surface area (Å²) in [4.78, 5) is 34.4. The fourth-order valence-electron chi connectivity index (χ4n) is 4.22. The standard InChI is InChI=1S/C22H23F3N4O2/c1-12-9-13(2)28(3)20(30)19(12)21(31)29-8-4-5-14(11-29)16-10-17-15(26-16)6-7-18(27-17)22(23,24)25/h6-7,9-10,14,26H,4-5,8,11H2,1-3H3. The maximum Gasteiger partial charge on any atom is 0.433 e. The van der Waals surface area contributed by atoms with Crippen molar-refractivity contribution in [2.45, 2.75) is 38.8 Å². The highest BCUT2D eigenvalue weighted by Gasteiger charge is 2.33. The van der Waals surface area contributed by atoms with E-state index in [-0.39, 0.29) is 28.5 Å². The SMILES string of the molecule is Cc1cc(C)n(C)c(=O)c1C(=O)N1CCCC(c2cc3nc(C(F)(F)F)ccc3[nH]2)C1. The van der Waals surface area contributed by atoms with Crippen molar-refractivity contribution in [1.82, 2.24) is 19.4 Å². The Morgan fingerprint density at radius 1 is 1.23 bits per heavy atom. The molecule has 6 nitrogen and oxygen atoms in total. The van der Waals surface area contributed by atoms with Crippen LogP contribution in [-0.2, 0) is 13.2 Å². The molecular formula is C22H23F3N4O2. The summed E-state index contributed by atoms with van der Waals surface area (Å²) in [5.41, 5.74) is 1.85. The molecule has 9 heteroatoms. The summed E-state index contributed by atoms with van der Waals surface area (Å²) in [6, 6.07) is 5.77. The van der Waals surface area contributed by atoms with E-state index in [4.69, 9.17) is 0 Å². The summed E-state index contributed by atoms with van der Waals surface area (Å²) < 4.78 is 40.3. The number of piperidine rings is 1. The van der Waals surface area contributed by atoms with E-state index >= 15 is 0 Å². The quantitative estimate of drug-likeness (QED) is 0.667. The Morgan fingerprint density at radius 3 is 2.68 bits per heavy atom. The van der Waals surface area contributed by atoms with Crippen LogP contribution in [0.25, 0.3) is 11.0 Å². The van der Waals surface area contributed by atoms with E-state index < -0.39 is 11.9 Å². The predicted octanol–water partition coefficient (Wildman–Crippen LogP) is 3.92. The molecule has 31 heavy (non-hydrogen) atoms. The molecule has 0 radical (unpaired) electrons. The Kier molecular flexibility index (Phi) is 5.15. The molecule has 1 amide bonds. The Bertz CT molecular complexity index is 1230. The number of fused-ring (bicyclic) bond motifs is 1. The van der Waals surface area contributed by atoms with Gasteiger partial charge in [-0.1, -0.05) is 0 Å². The number of halogens is 3. The first-order valence-electron chi connectivity index (χ1n) is 10.1. The number of aryl methyl sites for hydroxylation is 2. The zero-order valence-electron chi connectivity index (χ0n) is 17.5. The van der Waals surface area contributed by atoms with E-state index in [9.17, 15) is 22.8 Å². The van der Waals surface area contributed by atoms with Crippen molar-refractivity contribution in [2.75, 3.05) is 13.1 Å². The molecule has 1 atom stereocenters. The number of amides is 1. The Labute approximate surface area is 176 Å². The minimum absolute atomic E-state index is 0.0733. The Morgan fingerprint density at radius 2 is 1.97 bits per heavy atom. The molecule has 0 aliphatic carbocycles. The molecule has 164 valence electrons. The number of nitrogens with zero attached hydrogens (tertiary/aromatic N) is 3. The maximum atomic E-state index is 13.2. The maximum absolute atomic E-state index is 13.2. The second-order valence-corrected chi connectivity index (χ2v) is 8.15. The first-order valence-corrected chi connectivity index (χ1v) is 10.1. The van der Waals surface area contributed by atoms with Gasteiger partial charge in [-0.05, 0) is 56.5 Å². The number of rotatable bonds is 2. The van der Waals surface area contributed by atoms with E-state index in [0.717, 1.165) is 30.3 Å². The minimum atomic E-state index is -4.50. The molecule has 4 rings (SSSR count). The average molecular weight is 432 g/mol. The summed E-state index contributed by atoms with van der Waals surface area (Å²) >= 11 is 0. The second-order valence-electron chi connectivity index (χ2n) is 8.15. The van der Waals surface area contributed by atoms with Crippen LogP contribution in [0, 0.1) is 13.8 Å². The van der Waals surface area contributed by atoms with Gasteiger partial charge < -0.3 is 14.5 Å². The highest BCUT2D eigenvalue weighted by Crippen LogP contribution is 2.32. The summed E-state index contributed by atoms with van der Waals surface area (Å²) in [6.45, 7) is 4.48. The third kappa shape index (κ3) is 3.84. The third-order valence-corrected chi connectivity index (χ3v) is 6.02. The fourth-order valence-corrected chi connectivity index (χ4v) is 4.22. The van der Waals surface area contributed by atoms with Crippen LogP contribution in [0.5, 0.6) is 0 Å². The lowest BCUT2D eigenvalue weighted by atomic mass is 9.94. The van der Waals surface area contributed by atoms with Crippen LogP contribution in [0.15, 0.2) is 29.1 Å². The van der Waals surface area contributed by atoms with Crippen LogP contribution in [0.2, 0.25) is 0 Å². The van der Waals surface area contributed by atoms with Gasteiger partial charge in [-0.15, -0.1) is 0 Å². The van der Waals surface area contributed by atoms with Gasteiger partial charge >= 0.3 is 6.18 Å². The molecule has 3 aromatic rings. The minimum Gasteiger partial charge on any atom is -0.357 e. The molecule has 0 aromatic carbocycles. The van der Waals surface area contributed by atoms with Crippen molar-refractivity contribution in [3.05, 3.63) is 62.8 Å². The van der Waals surface area contributed by atoms with Gasteiger partial charge in [-0.25, -0.2) is 4.98 Å². The zero-order chi connectivity index (χ0) is 22.5. The number of hydrogen-bond acceptors (Lipinski definition) is 3. The van der Waals surface area contributed by atoms with Gasteiger partial charge in [0.25, 0.3) is 11.5 Å². The van der Waals surface area contributed by atoms with E-state index in [1.807, 2.05) is 13.0 Å². The van der Waals surface area contributed by atoms with Crippen LogP contribution >= 0.6 is 0 Å². The van der Waals surface area contributed by atoms with Gasteiger partial charge in [0.15, 0.2) is 0 Å². The second kappa shape index (κ2) is 7.55. The molecule has 4 heterocycles. The molecule has 1 aliphatic rings. The van der Waals surface area contributed by atoms with Gasteiger partial charge in [-0.2, -0.15) is 13.2 Å². The molecule has 1 saturated heterocycles. The van der Waals surface area contributed by atoms with Gasteiger partial charge in [0, 0.05) is 37.4 Å². The molecule has 0 saturated carbocycles. The number of aromatic nitrogens is 3. The number of likely N-dealkylation sites (tertiary alicyclic amines) is 1. The Balaban J connectivity index is 1.61. The monoisotopic (exact) mass is 432 g/mol. The normalized spacial score (nSPS) is 17.4. The van der Waals surface area contributed by atoms with Crippen molar-refractivity contribution in [3.8, 4) is 0 Å². The number of pyridine rings is 2. The first-order chi connectivity index (χ1) is 14.6. The molecule has 3 aromatic heterocycles. The van der Waals surface area contributed by atoms with Gasteiger partial charge in [0.05, 0.1) is 11.0 Å². The van der Waals surface area contributed by atoms with Crippen LogP contribution < -0.4 is 5.56 Å². The molecule has 0 bridgehead atoms. The predicted molar refractivity (Wildman–Crippen MR) is 110 cm³/mol. The van der Waals surface area contributed by atoms with Crippen LogP contribution in [0.1, 0.15) is 51.8 Å². The summed E-state index contributed by atoms with van der Waals surface area (Å²) in [5, 5.41) is 0. The van der Waals surface area contributed by atoms with Crippen LogP contribution in [0.4, 0.5) is 13.2 Å². The first kappa shape index (κ1) is 21.1. The number of carbonyl (C=O) groups excluding carboxylic acids is 1. The van der Waals surface area contributed by atoms with Gasteiger partial charge in [0.1, 0.15) is 11.3 Å². The van der Waals surface area contributed by atoms with Crippen molar-refractivity contribution in [3.63, 3.8) is 0 Å². The highest BCUT2D eigenvalue weighted by atomic mass is 19.4. The third-order valence-electron chi connectivity index (χ3n) is 6.02. The number of alkyl halides is 3. The zero-order valence-corrected chi connectivity index (χ0v) is 17.5. The molecule has 1 aliphatic heterocycles. The van der Waals surface area contributed by atoms with Crippen LogP contribution in [-0.4, -0.2) is 38.4 Å². The van der Waals surface area contributed by atoms with Gasteiger partial charge in [0.2, 0.25) is 0 Å². The number of nitrogens with one attached hydrogen (secondary N) is 1. The average Bonchev–Trinajstić information content (AvgIpc) is 3.15. The smallest absolute Gasteiger partial charge is 0.357 e. The number of H-pyrrole nitrogens is 1. The topological polar surface area (TPSA) is 71.0 Å². The van der Waals surface area contributed by atoms with Crippen molar-refractivity contribution in [2.24, 2.45) is 7.05 Å². The van der Waals surface area contributed by atoms with Crippen molar-refractivity contribution < 1.29 is 18.0 Å². The molecule has 1 unspecified atom stereocenters. The lowest BCUT2D eigenvalue weighted by Crippen LogP contribution is -2.42. The molecule has 1 fully saturated rings. The Hall–Kier alpha value is -3.10. The summed E-state index contributed by atoms with van der Waals surface area (Å²) in [7, 11) is 1.64. The van der Waals surface area contributed by atoms with Crippen molar-refractivity contribution in [1.29, 1.82) is 0 Å². The molecule has 1 N–H and O–H groups in total. The number of hydrogen-bond donors (Lipinski definition) is 1. The van der Waals surface area contributed by atoms with E-state index in [2.05, 4.69) is 9.97 Å². The number of carbonyl (C=O) groups is 1. The lowest BCUT2D eigenvalue weighted by Gasteiger charge is -2.32. The van der Waals surface area contributed by atoms with Gasteiger partial charge in [-0.3, -0.25) is 9.59 Å². The largest absolute Gasteiger partial charge is 0.433 e. The van der Waals surface area contributed by atoms with E-state index in [1.165, 1.54) is 10.6 Å². The number of aromatic amines is 1. The molecular weight excluding hydrogens is 409 g/mol. The lowest BCUT2D eigenvalue weighted by molar-refractivity contribution is -0.140. The molecule has 0 spiro atoms. The summed E-state index contributed by atoms with van der Waals surface area (Å²) in [6.07, 6.45) is -2.98.